The van der Waals surface area contributed by atoms with Crippen molar-refractivity contribution in [3.8, 4) is 0 Å². The van der Waals surface area contributed by atoms with Crippen molar-refractivity contribution in [3.05, 3.63) is 92.9 Å². The van der Waals surface area contributed by atoms with E-state index in [1.165, 1.54) is 11.8 Å². The normalized spacial score (nSPS) is 12.7. The van der Waals surface area contributed by atoms with Crippen molar-refractivity contribution in [1.82, 2.24) is 20.6 Å². The molecule has 0 fully saturated rings. The van der Waals surface area contributed by atoms with Gasteiger partial charge in [-0.15, -0.1) is 0 Å². The fourth-order valence-corrected chi connectivity index (χ4v) is 3.87. The van der Waals surface area contributed by atoms with Gasteiger partial charge in [-0.2, -0.15) is 0 Å². The molecule has 3 aromatic rings. The van der Waals surface area contributed by atoms with Crippen LogP contribution in [-0.4, -0.2) is 53.3 Å². The Morgan fingerprint density at radius 3 is 2.46 bits per heavy atom. The average molecular weight is 514 g/mol. The quantitative estimate of drug-likeness (QED) is 0.296. The molecule has 10 heteroatoms. The van der Waals surface area contributed by atoms with Crippen molar-refractivity contribution in [1.29, 1.82) is 0 Å². The highest BCUT2D eigenvalue weighted by Gasteiger charge is 2.24. The molecule has 8 nitrogen and oxygen atoms in total. The standard InChI is InChI=1S/C27H33F2N5O3/c1-4-17-7-6-8-18(9-17)14-30-16-24(35)23(12-19-10-20(28)13-21(29)11-19)32-25(36)22-15-31-27(33-26(22)37)34(3)5-2/h6-11,13,15,23-24,30,35H,4-5,12,14,16H2,1-3H3,(H,32,36)(H,31,33,37). The Hall–Kier alpha value is -3.63. The number of benzene rings is 2. The van der Waals surface area contributed by atoms with Crippen LogP contribution in [0.15, 0.2) is 53.5 Å². The summed E-state index contributed by atoms with van der Waals surface area (Å²) in [6.45, 7) is 5.12. The highest BCUT2D eigenvalue weighted by molar-refractivity contribution is 5.93. The molecule has 0 aliphatic rings. The summed E-state index contributed by atoms with van der Waals surface area (Å²) in [4.78, 5) is 33.9. The number of aliphatic hydroxyl groups is 1. The number of nitrogens with zero attached hydrogens (tertiary/aromatic N) is 2. The summed E-state index contributed by atoms with van der Waals surface area (Å²) in [5, 5.41) is 16.7. The number of anilines is 1. The molecule has 1 aromatic heterocycles. The van der Waals surface area contributed by atoms with Gasteiger partial charge in [0.25, 0.3) is 11.5 Å². The molecule has 0 saturated carbocycles. The van der Waals surface area contributed by atoms with Gasteiger partial charge in [0.2, 0.25) is 5.95 Å². The van der Waals surface area contributed by atoms with Crippen LogP contribution >= 0.6 is 0 Å². The lowest BCUT2D eigenvalue weighted by atomic mass is 10.00. The monoisotopic (exact) mass is 513 g/mol. The van der Waals surface area contributed by atoms with Gasteiger partial charge in [0.05, 0.1) is 12.1 Å². The number of carbonyl (C=O) groups is 1. The predicted molar refractivity (Wildman–Crippen MR) is 139 cm³/mol. The molecular formula is C27H33F2N5O3. The molecule has 0 saturated heterocycles. The fraction of sp³-hybridized carbons (Fsp3) is 0.370. The molecule has 2 atom stereocenters. The van der Waals surface area contributed by atoms with Gasteiger partial charge in [-0.1, -0.05) is 31.2 Å². The lowest BCUT2D eigenvalue weighted by Crippen LogP contribution is -2.49. The van der Waals surface area contributed by atoms with E-state index in [1.54, 1.807) is 11.9 Å². The second-order valence-electron chi connectivity index (χ2n) is 8.90. The number of aryl methyl sites for hydroxylation is 1. The first-order valence-corrected chi connectivity index (χ1v) is 12.2. The van der Waals surface area contributed by atoms with Gasteiger partial charge in [0, 0.05) is 38.9 Å². The van der Waals surface area contributed by atoms with Crippen LogP contribution < -0.4 is 21.1 Å². The zero-order valence-electron chi connectivity index (χ0n) is 21.2. The Labute approximate surface area is 214 Å². The van der Waals surface area contributed by atoms with E-state index < -0.39 is 35.2 Å². The van der Waals surface area contributed by atoms with Gasteiger partial charge < -0.3 is 20.6 Å². The third-order valence-electron chi connectivity index (χ3n) is 6.11. The van der Waals surface area contributed by atoms with Crippen LogP contribution in [0.2, 0.25) is 0 Å². The number of H-pyrrole nitrogens is 1. The first kappa shape index (κ1) is 27.9. The fourth-order valence-electron chi connectivity index (χ4n) is 3.87. The number of nitrogens with one attached hydrogen (secondary N) is 3. The van der Waals surface area contributed by atoms with Gasteiger partial charge in [-0.25, -0.2) is 13.8 Å². The van der Waals surface area contributed by atoms with E-state index in [0.29, 0.717) is 19.0 Å². The molecule has 0 aliphatic heterocycles. The van der Waals surface area contributed by atoms with Gasteiger partial charge in [-0.05, 0) is 48.6 Å². The highest BCUT2D eigenvalue weighted by atomic mass is 19.1. The number of halogens is 2. The van der Waals surface area contributed by atoms with Gasteiger partial charge in [0.15, 0.2) is 0 Å². The number of aliphatic hydroxyl groups excluding tert-OH is 1. The first-order valence-electron chi connectivity index (χ1n) is 12.2. The maximum absolute atomic E-state index is 13.8. The summed E-state index contributed by atoms with van der Waals surface area (Å²) in [6.07, 6.45) is 0.886. The van der Waals surface area contributed by atoms with E-state index in [4.69, 9.17) is 0 Å². The van der Waals surface area contributed by atoms with E-state index in [-0.39, 0.29) is 24.1 Å². The molecule has 1 heterocycles. The smallest absolute Gasteiger partial charge is 0.265 e. The minimum atomic E-state index is -1.12. The minimum Gasteiger partial charge on any atom is -0.390 e. The number of carbonyl (C=O) groups excluding carboxylic acids is 1. The summed E-state index contributed by atoms with van der Waals surface area (Å²) < 4.78 is 27.6. The third-order valence-corrected chi connectivity index (χ3v) is 6.11. The lowest BCUT2D eigenvalue weighted by molar-refractivity contribution is 0.0828. The van der Waals surface area contributed by atoms with Gasteiger partial charge >= 0.3 is 0 Å². The number of rotatable bonds is 12. The number of aromatic amines is 1. The van der Waals surface area contributed by atoms with Crippen molar-refractivity contribution in [3.63, 3.8) is 0 Å². The van der Waals surface area contributed by atoms with Crippen LogP contribution in [0.3, 0.4) is 0 Å². The van der Waals surface area contributed by atoms with Crippen molar-refractivity contribution in [2.45, 2.75) is 45.4 Å². The molecule has 0 aliphatic carbocycles. The Morgan fingerprint density at radius 2 is 1.81 bits per heavy atom. The van der Waals surface area contributed by atoms with Crippen LogP contribution in [0.25, 0.3) is 0 Å². The Bertz CT molecular complexity index is 1250. The zero-order valence-corrected chi connectivity index (χ0v) is 21.2. The van der Waals surface area contributed by atoms with Crippen LogP contribution in [0.5, 0.6) is 0 Å². The molecule has 198 valence electrons. The summed E-state index contributed by atoms with van der Waals surface area (Å²) >= 11 is 0. The molecule has 0 spiro atoms. The SMILES string of the molecule is CCc1cccc(CNCC(O)C(Cc2cc(F)cc(F)c2)NC(=O)c2cnc(N(C)CC)[nH]c2=O)c1. The molecule has 0 radical (unpaired) electrons. The van der Waals surface area contributed by atoms with Crippen LogP contribution in [0.1, 0.15) is 40.9 Å². The largest absolute Gasteiger partial charge is 0.390 e. The van der Waals surface area contributed by atoms with Crippen molar-refractivity contribution in [2.75, 3.05) is 25.0 Å². The van der Waals surface area contributed by atoms with Crippen molar-refractivity contribution in [2.24, 2.45) is 0 Å². The summed E-state index contributed by atoms with van der Waals surface area (Å²) in [5.74, 6) is -1.97. The van der Waals surface area contributed by atoms with Crippen LogP contribution in [-0.2, 0) is 19.4 Å². The maximum Gasteiger partial charge on any atom is 0.265 e. The first-order chi connectivity index (χ1) is 17.7. The average Bonchev–Trinajstić information content (AvgIpc) is 2.87. The topological polar surface area (TPSA) is 110 Å². The molecule has 2 unspecified atom stereocenters. The summed E-state index contributed by atoms with van der Waals surface area (Å²) in [5.41, 5.74) is 1.61. The van der Waals surface area contributed by atoms with Crippen molar-refractivity contribution >= 4 is 11.9 Å². The number of hydrogen-bond acceptors (Lipinski definition) is 6. The molecule has 3 rings (SSSR count). The van der Waals surface area contributed by atoms with Gasteiger partial charge in [0.1, 0.15) is 17.2 Å². The molecule has 0 bridgehead atoms. The highest BCUT2D eigenvalue weighted by Crippen LogP contribution is 2.13. The van der Waals surface area contributed by atoms with Crippen molar-refractivity contribution < 1.29 is 18.7 Å². The zero-order chi connectivity index (χ0) is 26.9. The van der Waals surface area contributed by atoms with Crippen LogP contribution in [0, 0.1) is 11.6 Å². The number of aromatic nitrogens is 2. The Morgan fingerprint density at radius 1 is 1.11 bits per heavy atom. The molecule has 1 amide bonds. The molecule has 4 N–H and O–H groups in total. The second-order valence-corrected chi connectivity index (χ2v) is 8.90. The number of amides is 1. The van der Waals surface area contributed by atoms with E-state index in [9.17, 15) is 23.5 Å². The van der Waals surface area contributed by atoms with E-state index in [0.717, 1.165) is 30.2 Å². The summed E-state index contributed by atoms with van der Waals surface area (Å²) in [6, 6.07) is 10.1. The second kappa shape index (κ2) is 13.1. The number of hydrogen-bond donors (Lipinski definition) is 4. The van der Waals surface area contributed by atoms with Gasteiger partial charge in [-0.3, -0.25) is 14.6 Å². The lowest BCUT2D eigenvalue weighted by Gasteiger charge is -2.25. The summed E-state index contributed by atoms with van der Waals surface area (Å²) in [7, 11) is 1.74. The van der Waals surface area contributed by atoms with E-state index in [2.05, 4.69) is 33.6 Å². The maximum atomic E-state index is 13.8. The molecular weight excluding hydrogens is 480 g/mol. The molecule has 2 aromatic carbocycles. The van der Waals surface area contributed by atoms with E-state index in [1.807, 2.05) is 25.1 Å². The minimum absolute atomic E-state index is 0.0590. The predicted octanol–water partition coefficient (Wildman–Crippen LogP) is 2.56. The van der Waals surface area contributed by atoms with E-state index >= 15 is 0 Å². The Balaban J connectivity index is 1.75. The molecule has 37 heavy (non-hydrogen) atoms. The third kappa shape index (κ3) is 7.93. The van der Waals surface area contributed by atoms with Crippen LogP contribution in [0.4, 0.5) is 14.7 Å². The Kier molecular flexibility index (Phi) is 9.87.